The van der Waals surface area contributed by atoms with Crippen molar-refractivity contribution >= 4 is 27.3 Å². The molecular weight excluding hydrogens is 314 g/mol. The summed E-state index contributed by atoms with van der Waals surface area (Å²) in [6, 6.07) is 6.10. The van der Waals surface area contributed by atoms with Crippen LogP contribution < -0.4 is 4.74 Å². The largest absolute Gasteiger partial charge is 0.496 e. The third-order valence-electron chi connectivity index (χ3n) is 2.70. The molecule has 0 fully saturated rings. The molecule has 0 aliphatic rings. The standard InChI is InChI=1S/C13H14BrNO2S/c1-3-8-4-5-11(17-2)9(6-8)13-15-10(7-16)12(14)18-13/h4-6,16H,3,7H2,1-2H3. The van der Waals surface area contributed by atoms with Gasteiger partial charge >= 0.3 is 0 Å². The maximum Gasteiger partial charge on any atom is 0.129 e. The molecule has 0 radical (unpaired) electrons. The number of halogens is 1. The molecular formula is C13H14BrNO2S. The van der Waals surface area contributed by atoms with E-state index in [0.717, 1.165) is 26.5 Å². The number of hydrogen-bond acceptors (Lipinski definition) is 4. The summed E-state index contributed by atoms with van der Waals surface area (Å²) in [6.07, 6.45) is 0.969. The van der Waals surface area contributed by atoms with Crippen molar-refractivity contribution < 1.29 is 9.84 Å². The molecule has 1 aromatic heterocycles. The lowest BCUT2D eigenvalue weighted by Crippen LogP contribution is -1.91. The maximum atomic E-state index is 9.19. The van der Waals surface area contributed by atoms with Gasteiger partial charge in [0.2, 0.25) is 0 Å². The molecule has 96 valence electrons. The fourth-order valence-corrected chi connectivity index (χ4v) is 3.19. The number of ether oxygens (including phenoxy) is 1. The Morgan fingerprint density at radius 1 is 1.44 bits per heavy atom. The Bertz CT molecular complexity index is 554. The highest BCUT2D eigenvalue weighted by molar-refractivity contribution is 9.11. The van der Waals surface area contributed by atoms with Crippen LogP contribution in [0.3, 0.4) is 0 Å². The quantitative estimate of drug-likeness (QED) is 0.932. The molecule has 2 aromatic rings. The number of benzene rings is 1. The summed E-state index contributed by atoms with van der Waals surface area (Å²) in [5, 5.41) is 10.0. The van der Waals surface area contributed by atoms with Gasteiger partial charge in [0.15, 0.2) is 0 Å². The van der Waals surface area contributed by atoms with Crippen LogP contribution in [0.2, 0.25) is 0 Å². The third kappa shape index (κ3) is 2.58. The number of thiazole rings is 1. The van der Waals surface area contributed by atoms with Gasteiger partial charge in [0.05, 0.1) is 28.8 Å². The second-order valence-corrected chi connectivity index (χ2v) is 6.10. The summed E-state index contributed by atoms with van der Waals surface area (Å²) in [5.74, 6) is 0.804. The SMILES string of the molecule is CCc1ccc(OC)c(-c2nc(CO)c(Br)s2)c1. The van der Waals surface area contributed by atoms with Crippen molar-refractivity contribution in [3.8, 4) is 16.3 Å². The highest BCUT2D eigenvalue weighted by Gasteiger charge is 2.14. The fourth-order valence-electron chi connectivity index (χ4n) is 1.69. The van der Waals surface area contributed by atoms with Gasteiger partial charge in [0.25, 0.3) is 0 Å². The smallest absolute Gasteiger partial charge is 0.129 e. The number of aryl methyl sites for hydroxylation is 1. The van der Waals surface area contributed by atoms with Gasteiger partial charge < -0.3 is 9.84 Å². The van der Waals surface area contributed by atoms with Crippen LogP contribution in [0.15, 0.2) is 22.0 Å². The highest BCUT2D eigenvalue weighted by atomic mass is 79.9. The molecule has 3 nitrogen and oxygen atoms in total. The summed E-state index contributed by atoms with van der Waals surface area (Å²) >= 11 is 4.92. The average molecular weight is 328 g/mol. The lowest BCUT2D eigenvalue weighted by molar-refractivity contribution is 0.277. The predicted octanol–water partition coefficient (Wildman–Crippen LogP) is 3.64. The Hall–Kier alpha value is -0.910. The lowest BCUT2D eigenvalue weighted by Gasteiger charge is -2.07. The van der Waals surface area contributed by atoms with Gasteiger partial charge in [-0.25, -0.2) is 4.98 Å². The van der Waals surface area contributed by atoms with Crippen LogP contribution in [-0.4, -0.2) is 17.2 Å². The number of aliphatic hydroxyl groups excluding tert-OH is 1. The fraction of sp³-hybridized carbons (Fsp3) is 0.308. The van der Waals surface area contributed by atoms with E-state index in [9.17, 15) is 5.11 Å². The van der Waals surface area contributed by atoms with Gasteiger partial charge in [-0.1, -0.05) is 13.0 Å². The Balaban J connectivity index is 2.53. The van der Waals surface area contributed by atoms with E-state index in [1.54, 1.807) is 7.11 Å². The van der Waals surface area contributed by atoms with Gasteiger partial charge in [-0.15, -0.1) is 11.3 Å². The van der Waals surface area contributed by atoms with Gasteiger partial charge in [-0.05, 0) is 40.0 Å². The summed E-state index contributed by atoms with van der Waals surface area (Å²) in [5.41, 5.74) is 2.88. The third-order valence-corrected chi connectivity index (χ3v) is 4.56. The molecule has 0 aliphatic carbocycles. The highest BCUT2D eigenvalue weighted by Crippen LogP contribution is 2.37. The molecule has 0 saturated heterocycles. The minimum Gasteiger partial charge on any atom is -0.496 e. The molecule has 0 amide bonds. The monoisotopic (exact) mass is 327 g/mol. The Labute approximate surface area is 119 Å². The van der Waals surface area contributed by atoms with Crippen molar-refractivity contribution in [1.29, 1.82) is 0 Å². The zero-order valence-corrected chi connectivity index (χ0v) is 12.6. The molecule has 18 heavy (non-hydrogen) atoms. The number of aromatic nitrogens is 1. The molecule has 1 heterocycles. The van der Waals surface area contributed by atoms with E-state index in [4.69, 9.17) is 4.74 Å². The van der Waals surface area contributed by atoms with Crippen LogP contribution in [0.5, 0.6) is 5.75 Å². The summed E-state index contributed by atoms with van der Waals surface area (Å²) < 4.78 is 6.24. The van der Waals surface area contributed by atoms with Crippen LogP contribution in [0.25, 0.3) is 10.6 Å². The van der Waals surface area contributed by atoms with Gasteiger partial charge in [-0.2, -0.15) is 0 Å². The van der Waals surface area contributed by atoms with Crippen molar-refractivity contribution in [3.05, 3.63) is 33.2 Å². The Morgan fingerprint density at radius 2 is 2.22 bits per heavy atom. The average Bonchev–Trinajstić information content (AvgIpc) is 2.79. The lowest BCUT2D eigenvalue weighted by atomic mass is 10.1. The van der Waals surface area contributed by atoms with Crippen LogP contribution >= 0.6 is 27.3 Å². The number of nitrogens with zero attached hydrogens (tertiary/aromatic N) is 1. The van der Waals surface area contributed by atoms with E-state index < -0.39 is 0 Å². The summed E-state index contributed by atoms with van der Waals surface area (Å²) in [7, 11) is 1.65. The van der Waals surface area contributed by atoms with Crippen molar-refractivity contribution in [3.63, 3.8) is 0 Å². The first-order valence-corrected chi connectivity index (χ1v) is 7.23. The van der Waals surface area contributed by atoms with E-state index in [-0.39, 0.29) is 6.61 Å². The first-order valence-electron chi connectivity index (χ1n) is 5.63. The molecule has 0 bridgehead atoms. The minimum atomic E-state index is -0.0626. The van der Waals surface area contributed by atoms with Crippen LogP contribution in [-0.2, 0) is 13.0 Å². The predicted molar refractivity (Wildman–Crippen MR) is 77.1 cm³/mol. The van der Waals surface area contributed by atoms with Crippen molar-refractivity contribution in [2.45, 2.75) is 20.0 Å². The molecule has 1 N–H and O–H groups in total. The van der Waals surface area contributed by atoms with Crippen molar-refractivity contribution in [2.24, 2.45) is 0 Å². The zero-order valence-electron chi connectivity index (χ0n) is 10.2. The second-order valence-electron chi connectivity index (χ2n) is 3.79. The summed E-state index contributed by atoms with van der Waals surface area (Å²) in [6.45, 7) is 2.05. The summed E-state index contributed by atoms with van der Waals surface area (Å²) in [4.78, 5) is 4.42. The topological polar surface area (TPSA) is 42.4 Å². The van der Waals surface area contributed by atoms with Crippen molar-refractivity contribution in [2.75, 3.05) is 7.11 Å². The van der Waals surface area contributed by atoms with E-state index in [1.165, 1.54) is 16.9 Å². The number of hydrogen-bond donors (Lipinski definition) is 1. The molecule has 5 heteroatoms. The van der Waals surface area contributed by atoms with Crippen molar-refractivity contribution in [1.82, 2.24) is 4.98 Å². The van der Waals surface area contributed by atoms with E-state index in [1.807, 2.05) is 6.07 Å². The first-order chi connectivity index (χ1) is 8.69. The minimum absolute atomic E-state index is 0.0626. The number of aliphatic hydroxyl groups is 1. The van der Waals surface area contributed by atoms with Crippen LogP contribution in [0.4, 0.5) is 0 Å². The molecule has 2 rings (SSSR count). The zero-order chi connectivity index (χ0) is 13.1. The number of rotatable bonds is 4. The molecule has 0 unspecified atom stereocenters. The van der Waals surface area contributed by atoms with Crippen LogP contribution in [0, 0.1) is 0 Å². The Morgan fingerprint density at radius 3 is 2.78 bits per heavy atom. The van der Waals surface area contributed by atoms with Crippen LogP contribution in [0.1, 0.15) is 18.2 Å². The number of methoxy groups -OCH3 is 1. The molecule has 0 aliphatic heterocycles. The van der Waals surface area contributed by atoms with E-state index in [0.29, 0.717) is 5.69 Å². The van der Waals surface area contributed by atoms with E-state index >= 15 is 0 Å². The van der Waals surface area contributed by atoms with Gasteiger partial charge in [0, 0.05) is 0 Å². The molecule has 0 atom stereocenters. The van der Waals surface area contributed by atoms with Gasteiger partial charge in [0.1, 0.15) is 10.8 Å². The maximum absolute atomic E-state index is 9.19. The second kappa shape index (κ2) is 5.82. The molecule has 0 spiro atoms. The molecule has 0 saturated carbocycles. The Kier molecular flexibility index (Phi) is 4.37. The first kappa shape index (κ1) is 13.5. The van der Waals surface area contributed by atoms with Gasteiger partial charge in [-0.3, -0.25) is 0 Å². The normalized spacial score (nSPS) is 10.7. The molecule has 1 aromatic carbocycles. The van der Waals surface area contributed by atoms with E-state index in [2.05, 4.69) is 40.0 Å².